The number of carbonyl (C=O) groups excluding carboxylic acids is 1. The number of nitro groups is 1. The SMILES string of the molecule is COC1=C(OCc2ccc([N+](=O)[O-])cc2)C(=O)O/C1=C\CCl. The van der Waals surface area contributed by atoms with Gasteiger partial charge in [-0.2, -0.15) is 0 Å². The zero-order chi connectivity index (χ0) is 16.1. The van der Waals surface area contributed by atoms with Crippen molar-refractivity contribution < 1.29 is 23.9 Å². The molecular formula is C14H12ClNO6. The number of carbonyl (C=O) groups is 1. The molecule has 7 nitrogen and oxygen atoms in total. The minimum Gasteiger partial charge on any atom is -0.490 e. The molecule has 0 bridgehead atoms. The van der Waals surface area contributed by atoms with E-state index < -0.39 is 10.9 Å². The Morgan fingerprint density at radius 2 is 2.00 bits per heavy atom. The minimum atomic E-state index is -0.671. The largest absolute Gasteiger partial charge is 0.490 e. The van der Waals surface area contributed by atoms with Crippen LogP contribution in [-0.4, -0.2) is 23.9 Å². The molecule has 0 amide bonds. The lowest BCUT2D eigenvalue weighted by Crippen LogP contribution is -2.04. The number of benzene rings is 1. The van der Waals surface area contributed by atoms with Crippen LogP contribution in [0.5, 0.6) is 0 Å². The predicted molar refractivity (Wildman–Crippen MR) is 76.8 cm³/mol. The molecule has 1 aliphatic heterocycles. The highest BCUT2D eigenvalue weighted by molar-refractivity contribution is 6.19. The van der Waals surface area contributed by atoms with E-state index in [1.165, 1.54) is 25.3 Å². The Morgan fingerprint density at radius 3 is 2.55 bits per heavy atom. The van der Waals surface area contributed by atoms with Gasteiger partial charge in [0.25, 0.3) is 11.4 Å². The molecule has 0 saturated heterocycles. The van der Waals surface area contributed by atoms with E-state index in [0.29, 0.717) is 5.56 Å². The van der Waals surface area contributed by atoms with E-state index >= 15 is 0 Å². The molecule has 0 saturated carbocycles. The molecular weight excluding hydrogens is 314 g/mol. The molecule has 0 N–H and O–H groups in total. The Morgan fingerprint density at radius 1 is 1.32 bits per heavy atom. The molecule has 0 atom stereocenters. The first kappa shape index (κ1) is 15.8. The molecule has 2 rings (SSSR count). The summed E-state index contributed by atoms with van der Waals surface area (Å²) in [4.78, 5) is 21.8. The summed E-state index contributed by atoms with van der Waals surface area (Å²) in [7, 11) is 1.38. The van der Waals surface area contributed by atoms with E-state index in [1.807, 2.05) is 0 Å². The average Bonchev–Trinajstić information content (AvgIpc) is 2.80. The summed E-state index contributed by atoms with van der Waals surface area (Å²) in [6.07, 6.45) is 1.49. The molecule has 1 heterocycles. The number of ether oxygens (including phenoxy) is 3. The van der Waals surface area contributed by atoms with Crippen molar-refractivity contribution in [2.24, 2.45) is 0 Å². The van der Waals surface area contributed by atoms with Crippen LogP contribution in [0.4, 0.5) is 5.69 Å². The molecule has 8 heteroatoms. The summed E-state index contributed by atoms with van der Waals surface area (Å²) >= 11 is 5.57. The van der Waals surface area contributed by atoms with Crippen molar-refractivity contribution >= 4 is 23.3 Å². The maximum Gasteiger partial charge on any atom is 0.383 e. The Balaban J connectivity index is 2.12. The van der Waals surface area contributed by atoms with Gasteiger partial charge < -0.3 is 14.2 Å². The van der Waals surface area contributed by atoms with E-state index in [-0.39, 0.29) is 35.5 Å². The highest BCUT2D eigenvalue weighted by Gasteiger charge is 2.33. The summed E-state index contributed by atoms with van der Waals surface area (Å²) in [5.74, 6) is -0.188. The fourth-order valence-corrected chi connectivity index (χ4v) is 1.93. The molecule has 0 aromatic heterocycles. The van der Waals surface area contributed by atoms with E-state index in [0.717, 1.165) is 0 Å². The molecule has 116 valence electrons. The van der Waals surface area contributed by atoms with Crippen LogP contribution < -0.4 is 0 Å². The first-order valence-corrected chi connectivity index (χ1v) is 6.73. The van der Waals surface area contributed by atoms with Gasteiger partial charge in [-0.3, -0.25) is 10.1 Å². The Labute approximate surface area is 130 Å². The predicted octanol–water partition coefficient (Wildman–Crippen LogP) is 2.65. The van der Waals surface area contributed by atoms with Crippen molar-refractivity contribution in [1.29, 1.82) is 0 Å². The smallest absolute Gasteiger partial charge is 0.383 e. The molecule has 1 aliphatic rings. The number of alkyl halides is 1. The fourth-order valence-electron chi connectivity index (χ4n) is 1.79. The number of hydrogen-bond acceptors (Lipinski definition) is 6. The minimum absolute atomic E-state index is 0.0202. The van der Waals surface area contributed by atoms with Gasteiger partial charge in [0.2, 0.25) is 5.76 Å². The number of allylic oxidation sites excluding steroid dienone is 1. The number of nitrogens with zero attached hydrogens (tertiary/aromatic N) is 1. The molecule has 0 unspecified atom stereocenters. The topological polar surface area (TPSA) is 87.9 Å². The fraction of sp³-hybridized carbons (Fsp3) is 0.214. The second kappa shape index (κ2) is 6.95. The standard InChI is InChI=1S/C14H12ClNO6/c1-20-12-11(6-7-15)22-14(17)13(12)21-8-9-2-4-10(5-3-9)16(18)19/h2-6H,7-8H2,1H3/b11-6-. The van der Waals surface area contributed by atoms with Gasteiger partial charge in [-0.25, -0.2) is 4.79 Å². The maximum atomic E-state index is 11.7. The van der Waals surface area contributed by atoms with Crippen LogP contribution in [-0.2, 0) is 25.6 Å². The first-order valence-electron chi connectivity index (χ1n) is 6.20. The molecule has 0 spiro atoms. The highest BCUT2D eigenvalue weighted by Crippen LogP contribution is 2.28. The normalized spacial score (nSPS) is 15.9. The van der Waals surface area contributed by atoms with Crippen molar-refractivity contribution in [3.63, 3.8) is 0 Å². The van der Waals surface area contributed by atoms with E-state index in [2.05, 4.69) is 0 Å². The van der Waals surface area contributed by atoms with Crippen LogP contribution in [0, 0.1) is 10.1 Å². The zero-order valence-corrected chi connectivity index (χ0v) is 12.3. The second-order valence-corrected chi connectivity index (χ2v) is 4.50. The Bertz CT molecular complexity index is 650. The molecule has 0 fully saturated rings. The van der Waals surface area contributed by atoms with Gasteiger partial charge in [-0.1, -0.05) is 0 Å². The monoisotopic (exact) mass is 325 g/mol. The van der Waals surface area contributed by atoms with Crippen LogP contribution in [0.1, 0.15) is 5.56 Å². The summed E-state index contributed by atoms with van der Waals surface area (Å²) < 4.78 is 15.5. The van der Waals surface area contributed by atoms with E-state index in [9.17, 15) is 14.9 Å². The van der Waals surface area contributed by atoms with E-state index in [4.69, 9.17) is 25.8 Å². The highest BCUT2D eigenvalue weighted by atomic mass is 35.5. The number of nitro benzene ring substituents is 1. The van der Waals surface area contributed by atoms with Crippen molar-refractivity contribution in [2.45, 2.75) is 6.61 Å². The lowest BCUT2D eigenvalue weighted by atomic mass is 10.2. The molecule has 0 aliphatic carbocycles. The lowest BCUT2D eigenvalue weighted by Gasteiger charge is -2.06. The van der Waals surface area contributed by atoms with Gasteiger partial charge in [0.15, 0.2) is 5.76 Å². The second-order valence-electron chi connectivity index (χ2n) is 4.19. The Hall–Kier alpha value is -2.54. The zero-order valence-electron chi connectivity index (χ0n) is 11.6. The van der Waals surface area contributed by atoms with Crippen molar-refractivity contribution in [1.82, 2.24) is 0 Å². The number of rotatable bonds is 6. The maximum absolute atomic E-state index is 11.7. The lowest BCUT2D eigenvalue weighted by molar-refractivity contribution is -0.384. The van der Waals surface area contributed by atoms with Crippen molar-refractivity contribution in [3.8, 4) is 0 Å². The summed E-state index contributed by atoms with van der Waals surface area (Å²) in [6.45, 7) is 0.0451. The molecule has 22 heavy (non-hydrogen) atoms. The quantitative estimate of drug-likeness (QED) is 0.346. The summed E-state index contributed by atoms with van der Waals surface area (Å²) in [5, 5.41) is 10.6. The third-order valence-corrected chi connectivity index (χ3v) is 2.97. The molecule has 1 aromatic carbocycles. The van der Waals surface area contributed by atoms with Gasteiger partial charge in [0, 0.05) is 18.0 Å². The summed E-state index contributed by atoms with van der Waals surface area (Å²) in [5.41, 5.74) is 0.643. The number of hydrogen-bond donors (Lipinski definition) is 0. The van der Waals surface area contributed by atoms with Gasteiger partial charge in [-0.05, 0) is 23.8 Å². The van der Waals surface area contributed by atoms with Crippen LogP contribution >= 0.6 is 11.6 Å². The van der Waals surface area contributed by atoms with Crippen LogP contribution in [0.15, 0.2) is 47.6 Å². The third kappa shape index (κ3) is 3.37. The molecule has 0 radical (unpaired) electrons. The van der Waals surface area contributed by atoms with Crippen molar-refractivity contribution in [3.05, 3.63) is 63.3 Å². The third-order valence-electron chi connectivity index (χ3n) is 2.82. The Kier molecular flexibility index (Phi) is 5.00. The number of cyclic esters (lactones) is 1. The van der Waals surface area contributed by atoms with Crippen LogP contribution in [0.25, 0.3) is 0 Å². The first-order chi connectivity index (χ1) is 10.6. The van der Waals surface area contributed by atoms with Crippen molar-refractivity contribution in [2.75, 3.05) is 13.0 Å². The van der Waals surface area contributed by atoms with E-state index in [1.54, 1.807) is 12.1 Å². The molecule has 1 aromatic rings. The van der Waals surface area contributed by atoms with Gasteiger partial charge >= 0.3 is 5.97 Å². The average molecular weight is 326 g/mol. The number of non-ortho nitro benzene ring substituents is 1. The number of esters is 1. The number of methoxy groups -OCH3 is 1. The number of halogens is 1. The van der Waals surface area contributed by atoms with Crippen LogP contribution in [0.2, 0.25) is 0 Å². The summed E-state index contributed by atoms with van der Waals surface area (Å²) in [6, 6.07) is 5.80. The van der Waals surface area contributed by atoms with Gasteiger partial charge in [0.1, 0.15) is 6.61 Å². The van der Waals surface area contributed by atoms with Gasteiger partial charge in [-0.15, -0.1) is 11.6 Å². The van der Waals surface area contributed by atoms with Gasteiger partial charge in [0.05, 0.1) is 12.0 Å². The van der Waals surface area contributed by atoms with Crippen LogP contribution in [0.3, 0.4) is 0 Å².